The highest BCUT2D eigenvalue weighted by Gasteiger charge is 2.44. The highest BCUT2D eigenvalue weighted by atomic mass is 16.7. The average molecular weight is 486 g/mol. The number of ether oxygens (including phenoxy) is 3. The van der Waals surface area contributed by atoms with Gasteiger partial charge < -0.3 is 34.4 Å². The molecule has 2 heterocycles. The number of rotatable bonds is 4. The Morgan fingerprint density at radius 2 is 1.79 bits per heavy atom. The summed E-state index contributed by atoms with van der Waals surface area (Å²) in [6.45, 7) is 10.0. The molecular formula is C25H43NO8. The molecule has 0 aromatic carbocycles. The van der Waals surface area contributed by atoms with Crippen LogP contribution >= 0.6 is 0 Å². The Labute approximate surface area is 203 Å². The first-order chi connectivity index (χ1) is 15.7. The van der Waals surface area contributed by atoms with Gasteiger partial charge in [-0.15, -0.1) is 0 Å². The van der Waals surface area contributed by atoms with Gasteiger partial charge in [0.2, 0.25) is 0 Å². The summed E-state index contributed by atoms with van der Waals surface area (Å²) in [5, 5.41) is 32.0. The van der Waals surface area contributed by atoms with Gasteiger partial charge in [0.25, 0.3) is 0 Å². The van der Waals surface area contributed by atoms with Crippen LogP contribution in [0.15, 0.2) is 12.2 Å². The number of cyclic esters (lactones) is 1. The lowest BCUT2D eigenvalue weighted by Crippen LogP contribution is -2.56. The van der Waals surface area contributed by atoms with Gasteiger partial charge in [-0.2, -0.15) is 0 Å². The highest BCUT2D eigenvalue weighted by molar-refractivity contribution is 5.91. The van der Waals surface area contributed by atoms with Crippen molar-refractivity contribution in [2.75, 3.05) is 14.1 Å². The summed E-state index contributed by atoms with van der Waals surface area (Å²) in [4.78, 5) is 27.8. The molecule has 9 nitrogen and oxygen atoms in total. The van der Waals surface area contributed by atoms with Crippen molar-refractivity contribution in [2.24, 2.45) is 17.8 Å². The summed E-state index contributed by atoms with van der Waals surface area (Å²) in [6, 6.07) is -0.182. The molecule has 3 N–H and O–H groups in total. The fraction of sp³-hybridized carbons (Fsp3) is 0.840. The number of nitrogens with zero attached hydrogens (tertiary/aromatic N) is 1. The molecule has 1 fully saturated rings. The molecule has 0 saturated carbocycles. The third kappa shape index (κ3) is 6.86. The molecular weight excluding hydrogens is 442 g/mol. The second-order valence-electron chi connectivity index (χ2n) is 10.6. The molecule has 2 rings (SSSR count). The largest absolute Gasteiger partial charge is 0.456 e. The third-order valence-electron chi connectivity index (χ3n) is 7.05. The van der Waals surface area contributed by atoms with E-state index in [1.54, 1.807) is 13.8 Å². The quantitative estimate of drug-likeness (QED) is 0.505. The number of aliphatic hydroxyl groups excluding tert-OH is 2. The summed E-state index contributed by atoms with van der Waals surface area (Å²) in [5.74, 6) is -2.32. The lowest BCUT2D eigenvalue weighted by molar-refractivity contribution is -0.279. The van der Waals surface area contributed by atoms with Crippen molar-refractivity contribution in [3.8, 4) is 0 Å². The van der Waals surface area contributed by atoms with E-state index in [2.05, 4.69) is 0 Å². The van der Waals surface area contributed by atoms with Crippen molar-refractivity contribution in [3.63, 3.8) is 0 Å². The van der Waals surface area contributed by atoms with E-state index < -0.39 is 54.1 Å². The topological polar surface area (TPSA) is 126 Å². The first-order valence-corrected chi connectivity index (χ1v) is 12.1. The standard InChI is InChI=1S/C25H43NO8/c1-13-11-14(2)21(33-24-20(29)18(26(7)8)12-15(3)32-24)16(4)23(30)34-22(17(5)27)25(6,31)10-9-19(13)28/h9-10,13-18,20-22,24,27,29,31H,11-12H2,1-8H3/b10-9-/t13-,14+,15-,16-,17-,18+,20-,21-,22-,24+,25+/m1/s1. The van der Waals surface area contributed by atoms with Crippen LogP contribution in [0.2, 0.25) is 0 Å². The van der Waals surface area contributed by atoms with E-state index in [-0.39, 0.29) is 23.8 Å². The zero-order valence-electron chi connectivity index (χ0n) is 21.7. The molecule has 0 aromatic heterocycles. The average Bonchev–Trinajstić information content (AvgIpc) is 2.73. The third-order valence-corrected chi connectivity index (χ3v) is 7.05. The fourth-order valence-electron chi connectivity index (χ4n) is 4.94. The van der Waals surface area contributed by atoms with E-state index in [1.807, 2.05) is 32.8 Å². The number of likely N-dealkylation sites (N-methyl/N-ethyl adjacent to an activating group) is 1. The zero-order valence-corrected chi connectivity index (χ0v) is 21.7. The molecule has 0 aromatic rings. The zero-order chi connectivity index (χ0) is 26.0. The van der Waals surface area contributed by atoms with E-state index >= 15 is 0 Å². The lowest BCUT2D eigenvalue weighted by Gasteiger charge is -2.43. The van der Waals surface area contributed by atoms with E-state index in [0.717, 1.165) is 0 Å². The van der Waals surface area contributed by atoms with Crippen LogP contribution in [0.1, 0.15) is 54.4 Å². The molecule has 196 valence electrons. The van der Waals surface area contributed by atoms with Gasteiger partial charge in [-0.25, -0.2) is 0 Å². The van der Waals surface area contributed by atoms with Crippen LogP contribution in [0, 0.1) is 17.8 Å². The van der Waals surface area contributed by atoms with Crippen LogP contribution in [0.4, 0.5) is 0 Å². The first kappa shape index (κ1) is 28.9. The number of ketones is 1. The van der Waals surface area contributed by atoms with E-state index in [4.69, 9.17) is 14.2 Å². The second-order valence-corrected chi connectivity index (χ2v) is 10.6. The van der Waals surface area contributed by atoms with Gasteiger partial charge in [-0.1, -0.05) is 13.8 Å². The van der Waals surface area contributed by atoms with Crippen molar-refractivity contribution in [3.05, 3.63) is 12.2 Å². The molecule has 0 amide bonds. The van der Waals surface area contributed by atoms with Gasteiger partial charge in [0.15, 0.2) is 18.2 Å². The molecule has 0 unspecified atom stereocenters. The molecule has 11 atom stereocenters. The van der Waals surface area contributed by atoms with Gasteiger partial charge in [-0.05, 0) is 72.7 Å². The number of hydrogen-bond acceptors (Lipinski definition) is 9. The van der Waals surface area contributed by atoms with Gasteiger partial charge >= 0.3 is 5.97 Å². The van der Waals surface area contributed by atoms with Gasteiger partial charge in [-0.3, -0.25) is 9.59 Å². The minimum Gasteiger partial charge on any atom is -0.456 e. The minimum absolute atomic E-state index is 0.162. The van der Waals surface area contributed by atoms with Crippen LogP contribution in [0.5, 0.6) is 0 Å². The summed E-state index contributed by atoms with van der Waals surface area (Å²) >= 11 is 0. The summed E-state index contributed by atoms with van der Waals surface area (Å²) in [6.07, 6.45) is -1.67. The monoisotopic (exact) mass is 485 g/mol. The van der Waals surface area contributed by atoms with Crippen LogP contribution in [-0.2, 0) is 23.8 Å². The van der Waals surface area contributed by atoms with Crippen molar-refractivity contribution in [1.82, 2.24) is 4.90 Å². The van der Waals surface area contributed by atoms with Crippen LogP contribution in [0.25, 0.3) is 0 Å². The van der Waals surface area contributed by atoms with Crippen molar-refractivity contribution >= 4 is 11.8 Å². The Balaban J connectivity index is 2.40. The SMILES string of the molecule is C[C@@H]1C[C@H](N(C)C)[C@@H](O)[C@H](O[C@@H]2[C@@H](C)C[C@@H](C)C(=O)/C=C\[C@](C)(O)[C@@H]([C@@H](C)O)OC(=O)[C@@H]2C)O1. The fourth-order valence-corrected chi connectivity index (χ4v) is 4.94. The highest BCUT2D eigenvalue weighted by Crippen LogP contribution is 2.32. The summed E-state index contributed by atoms with van der Waals surface area (Å²) in [5.41, 5.74) is -1.75. The summed E-state index contributed by atoms with van der Waals surface area (Å²) < 4.78 is 17.7. The first-order valence-electron chi connectivity index (χ1n) is 12.1. The molecule has 9 heteroatoms. The van der Waals surface area contributed by atoms with Gasteiger partial charge in [0.05, 0.1) is 24.2 Å². The molecule has 1 saturated heterocycles. The lowest BCUT2D eigenvalue weighted by atomic mass is 9.83. The van der Waals surface area contributed by atoms with Crippen LogP contribution in [0.3, 0.4) is 0 Å². The van der Waals surface area contributed by atoms with Gasteiger partial charge in [0.1, 0.15) is 11.7 Å². The van der Waals surface area contributed by atoms with E-state index in [1.165, 1.54) is 26.0 Å². The number of hydrogen-bond donors (Lipinski definition) is 3. The number of aliphatic hydroxyl groups is 3. The molecule has 0 radical (unpaired) electrons. The molecule has 34 heavy (non-hydrogen) atoms. The predicted octanol–water partition coefficient (Wildman–Crippen LogP) is 1.28. The molecule has 0 aliphatic carbocycles. The molecule has 0 spiro atoms. The van der Waals surface area contributed by atoms with Gasteiger partial charge in [0, 0.05) is 12.0 Å². The number of carbonyl (C=O) groups excluding carboxylic acids is 2. The van der Waals surface area contributed by atoms with Crippen LogP contribution in [-0.4, -0.2) is 94.5 Å². The number of carbonyl (C=O) groups is 2. The normalized spacial score (nSPS) is 44.6. The van der Waals surface area contributed by atoms with Crippen molar-refractivity contribution in [2.45, 2.75) is 103 Å². The predicted molar refractivity (Wildman–Crippen MR) is 126 cm³/mol. The Morgan fingerprint density at radius 1 is 1.18 bits per heavy atom. The van der Waals surface area contributed by atoms with E-state index in [0.29, 0.717) is 12.8 Å². The molecule has 2 aliphatic rings. The van der Waals surface area contributed by atoms with Crippen molar-refractivity contribution < 1.29 is 39.1 Å². The number of esters is 1. The molecule has 2 aliphatic heterocycles. The molecule has 0 bridgehead atoms. The van der Waals surface area contributed by atoms with E-state index in [9.17, 15) is 24.9 Å². The smallest absolute Gasteiger partial charge is 0.311 e. The van der Waals surface area contributed by atoms with Crippen molar-refractivity contribution in [1.29, 1.82) is 0 Å². The number of allylic oxidation sites excluding steroid dienone is 1. The maximum Gasteiger partial charge on any atom is 0.311 e. The Hall–Kier alpha value is -1.36. The Bertz CT molecular complexity index is 736. The summed E-state index contributed by atoms with van der Waals surface area (Å²) in [7, 11) is 3.76. The Morgan fingerprint density at radius 3 is 2.35 bits per heavy atom. The van der Waals surface area contributed by atoms with Crippen LogP contribution < -0.4 is 0 Å². The maximum absolute atomic E-state index is 13.2. The minimum atomic E-state index is -1.75. The maximum atomic E-state index is 13.2. The Kier molecular flexibility index (Phi) is 9.84. The second kappa shape index (κ2) is 11.6.